The molecule has 7 heteroatoms. The van der Waals surface area contributed by atoms with Crippen LogP contribution >= 0.6 is 0 Å². The van der Waals surface area contributed by atoms with E-state index in [4.69, 9.17) is 0 Å². The lowest BCUT2D eigenvalue weighted by Gasteiger charge is -2.20. The maximum Gasteiger partial charge on any atom is 0.259 e. The van der Waals surface area contributed by atoms with Crippen LogP contribution in [0, 0.1) is 5.82 Å². The molecule has 0 saturated heterocycles. The van der Waals surface area contributed by atoms with Gasteiger partial charge in [-0.1, -0.05) is 24.3 Å². The molecule has 152 valence electrons. The van der Waals surface area contributed by atoms with Crippen LogP contribution in [-0.4, -0.2) is 34.1 Å². The van der Waals surface area contributed by atoms with E-state index in [1.165, 1.54) is 22.6 Å². The third kappa shape index (κ3) is 3.79. The zero-order chi connectivity index (χ0) is 21.1. The second-order valence-electron chi connectivity index (χ2n) is 6.91. The van der Waals surface area contributed by atoms with E-state index >= 15 is 0 Å². The lowest BCUT2D eigenvalue weighted by molar-refractivity contribution is 0.0987. The van der Waals surface area contributed by atoms with Crippen molar-refractivity contribution in [3.05, 3.63) is 84.1 Å². The van der Waals surface area contributed by atoms with Crippen molar-refractivity contribution < 1.29 is 9.18 Å². The molecule has 0 aliphatic rings. The second kappa shape index (κ2) is 8.42. The van der Waals surface area contributed by atoms with Gasteiger partial charge in [-0.3, -0.25) is 9.69 Å². The molecule has 1 amide bonds. The van der Waals surface area contributed by atoms with E-state index in [1.54, 1.807) is 23.0 Å². The van der Waals surface area contributed by atoms with Crippen molar-refractivity contribution in [1.82, 2.24) is 19.9 Å². The van der Waals surface area contributed by atoms with Crippen molar-refractivity contribution in [1.29, 1.82) is 0 Å². The van der Waals surface area contributed by atoms with E-state index in [2.05, 4.69) is 39.7 Å². The van der Waals surface area contributed by atoms with Crippen molar-refractivity contribution in [2.24, 2.45) is 0 Å². The number of nitrogens with zero attached hydrogens (tertiary/aromatic N) is 4. The van der Waals surface area contributed by atoms with Gasteiger partial charge in [-0.25, -0.2) is 13.9 Å². The first kappa shape index (κ1) is 19.7. The fourth-order valence-corrected chi connectivity index (χ4v) is 3.44. The standard InChI is InChI=1S/C23H22FN5O/c1-3-28(22-9-8-19(24)14-26-22)23(30)18-10-11-29-21(12-18)20(15-27-29)17-6-4-16(5-7-17)13-25-2/h4-12,14-15,25H,3,13H2,1-2H3. The van der Waals surface area contributed by atoms with Gasteiger partial charge in [-0.15, -0.1) is 0 Å². The number of carbonyl (C=O) groups excluding carboxylic acids is 1. The number of rotatable bonds is 6. The molecule has 0 spiro atoms. The van der Waals surface area contributed by atoms with Crippen LogP contribution in [0.15, 0.2) is 67.1 Å². The molecule has 3 aromatic heterocycles. The molecule has 4 aromatic rings. The van der Waals surface area contributed by atoms with Gasteiger partial charge in [0.25, 0.3) is 5.91 Å². The average Bonchev–Trinajstić information content (AvgIpc) is 3.19. The summed E-state index contributed by atoms with van der Waals surface area (Å²) < 4.78 is 15.0. The van der Waals surface area contributed by atoms with Crippen molar-refractivity contribution in [2.45, 2.75) is 13.5 Å². The normalized spacial score (nSPS) is 11.0. The molecule has 0 aliphatic heterocycles. The summed E-state index contributed by atoms with van der Waals surface area (Å²) in [5.41, 5.74) is 4.53. The number of hydrogen-bond acceptors (Lipinski definition) is 4. The number of nitrogens with one attached hydrogen (secondary N) is 1. The number of amides is 1. The van der Waals surface area contributed by atoms with Crippen molar-refractivity contribution in [3.63, 3.8) is 0 Å². The zero-order valence-electron chi connectivity index (χ0n) is 16.8. The molecule has 0 atom stereocenters. The summed E-state index contributed by atoms with van der Waals surface area (Å²) in [7, 11) is 1.92. The molecule has 4 rings (SSSR count). The fraction of sp³-hybridized carbons (Fsp3) is 0.174. The molecule has 0 aliphatic carbocycles. The summed E-state index contributed by atoms with van der Waals surface area (Å²) in [5.74, 6) is -0.221. The largest absolute Gasteiger partial charge is 0.316 e. The lowest BCUT2D eigenvalue weighted by atomic mass is 10.0. The first-order chi connectivity index (χ1) is 14.6. The Morgan fingerprint density at radius 1 is 1.13 bits per heavy atom. The van der Waals surface area contributed by atoms with Crippen LogP contribution in [0.25, 0.3) is 16.6 Å². The van der Waals surface area contributed by atoms with Crippen LogP contribution in [0.2, 0.25) is 0 Å². The third-order valence-corrected chi connectivity index (χ3v) is 4.96. The summed E-state index contributed by atoms with van der Waals surface area (Å²) in [6.07, 6.45) is 4.68. The molecule has 0 bridgehead atoms. The van der Waals surface area contributed by atoms with Gasteiger partial charge in [0, 0.05) is 30.4 Å². The van der Waals surface area contributed by atoms with Crippen LogP contribution in [-0.2, 0) is 6.54 Å². The Balaban J connectivity index is 1.69. The zero-order valence-corrected chi connectivity index (χ0v) is 16.8. The van der Waals surface area contributed by atoms with E-state index in [0.717, 1.165) is 29.4 Å². The molecule has 6 nitrogen and oxygen atoms in total. The van der Waals surface area contributed by atoms with E-state index in [9.17, 15) is 9.18 Å². The third-order valence-electron chi connectivity index (χ3n) is 4.96. The predicted octanol–water partition coefficient (Wildman–Crippen LogP) is 3.92. The highest BCUT2D eigenvalue weighted by atomic mass is 19.1. The topological polar surface area (TPSA) is 62.5 Å². The Bertz CT molecular complexity index is 1170. The number of fused-ring (bicyclic) bond motifs is 1. The minimum absolute atomic E-state index is 0.198. The van der Waals surface area contributed by atoms with Gasteiger partial charge in [0.2, 0.25) is 0 Å². The Hall–Kier alpha value is -3.58. The van der Waals surface area contributed by atoms with Crippen LogP contribution < -0.4 is 10.2 Å². The van der Waals surface area contributed by atoms with Gasteiger partial charge in [0.05, 0.1) is 17.9 Å². The fourth-order valence-electron chi connectivity index (χ4n) is 3.44. The summed E-state index contributed by atoms with van der Waals surface area (Å²) in [5, 5.41) is 7.55. The van der Waals surface area contributed by atoms with Gasteiger partial charge in [-0.05, 0) is 49.4 Å². The van der Waals surface area contributed by atoms with E-state index < -0.39 is 5.82 Å². The molecule has 30 heavy (non-hydrogen) atoms. The Kier molecular flexibility index (Phi) is 5.54. The van der Waals surface area contributed by atoms with Gasteiger partial charge < -0.3 is 5.32 Å². The average molecular weight is 403 g/mol. The molecular weight excluding hydrogens is 381 g/mol. The molecular formula is C23H22FN5O. The van der Waals surface area contributed by atoms with E-state index in [1.807, 2.05) is 20.0 Å². The van der Waals surface area contributed by atoms with Crippen LogP contribution in [0.3, 0.4) is 0 Å². The minimum Gasteiger partial charge on any atom is -0.316 e. The molecule has 1 N–H and O–H groups in total. The lowest BCUT2D eigenvalue weighted by Crippen LogP contribution is -2.31. The van der Waals surface area contributed by atoms with Gasteiger partial charge in [0.1, 0.15) is 11.6 Å². The van der Waals surface area contributed by atoms with Gasteiger partial charge in [0.15, 0.2) is 0 Å². The molecule has 0 radical (unpaired) electrons. The van der Waals surface area contributed by atoms with Crippen molar-refractivity contribution in [2.75, 3.05) is 18.5 Å². The molecule has 0 saturated carbocycles. The highest BCUT2D eigenvalue weighted by Crippen LogP contribution is 2.26. The maximum absolute atomic E-state index is 13.2. The molecule has 3 heterocycles. The number of pyridine rings is 2. The number of aromatic nitrogens is 3. The first-order valence-electron chi connectivity index (χ1n) is 9.75. The maximum atomic E-state index is 13.2. The predicted molar refractivity (Wildman–Crippen MR) is 115 cm³/mol. The smallest absolute Gasteiger partial charge is 0.259 e. The Morgan fingerprint density at radius 3 is 2.60 bits per heavy atom. The summed E-state index contributed by atoms with van der Waals surface area (Å²) in [6, 6.07) is 14.6. The number of benzene rings is 1. The first-order valence-corrected chi connectivity index (χ1v) is 9.75. The quantitative estimate of drug-likeness (QED) is 0.530. The minimum atomic E-state index is -0.437. The highest BCUT2D eigenvalue weighted by molar-refractivity contribution is 6.06. The number of carbonyl (C=O) groups is 1. The summed E-state index contributed by atoms with van der Waals surface area (Å²) in [6.45, 7) is 3.08. The van der Waals surface area contributed by atoms with Crippen molar-refractivity contribution >= 4 is 17.2 Å². The van der Waals surface area contributed by atoms with E-state index in [0.29, 0.717) is 17.9 Å². The highest BCUT2D eigenvalue weighted by Gasteiger charge is 2.19. The molecule has 0 fully saturated rings. The Morgan fingerprint density at radius 2 is 1.93 bits per heavy atom. The molecule has 1 aromatic carbocycles. The number of halogens is 1. The summed E-state index contributed by atoms with van der Waals surface area (Å²) >= 11 is 0. The SMILES string of the molecule is CCN(C(=O)c1ccn2ncc(-c3ccc(CNC)cc3)c2c1)c1ccc(F)cn1. The number of hydrogen-bond donors (Lipinski definition) is 1. The Labute approximate surface area is 174 Å². The van der Waals surface area contributed by atoms with Crippen molar-refractivity contribution in [3.8, 4) is 11.1 Å². The monoisotopic (exact) mass is 403 g/mol. The van der Waals surface area contributed by atoms with Crippen LogP contribution in [0.1, 0.15) is 22.8 Å². The van der Waals surface area contributed by atoms with Crippen LogP contribution in [0.5, 0.6) is 0 Å². The summed E-state index contributed by atoms with van der Waals surface area (Å²) in [4.78, 5) is 18.7. The van der Waals surface area contributed by atoms with Crippen LogP contribution in [0.4, 0.5) is 10.2 Å². The second-order valence-corrected chi connectivity index (χ2v) is 6.91. The molecule has 0 unspecified atom stereocenters. The van der Waals surface area contributed by atoms with E-state index in [-0.39, 0.29) is 5.91 Å². The van der Waals surface area contributed by atoms with Gasteiger partial charge >= 0.3 is 0 Å². The van der Waals surface area contributed by atoms with Gasteiger partial charge in [-0.2, -0.15) is 5.10 Å². The number of anilines is 1.